The van der Waals surface area contributed by atoms with Crippen molar-refractivity contribution in [2.24, 2.45) is 0 Å². The molecule has 0 aromatic heterocycles. The third kappa shape index (κ3) is 12.9. The van der Waals surface area contributed by atoms with Crippen LogP contribution in [0, 0.1) is 10.1 Å². The van der Waals surface area contributed by atoms with Crippen molar-refractivity contribution in [2.75, 3.05) is 0 Å². The van der Waals surface area contributed by atoms with Crippen LogP contribution in [0.1, 0.15) is 101 Å². The molecule has 0 radical (unpaired) electrons. The highest BCUT2D eigenvalue weighted by atomic mass is 16.6. The van der Waals surface area contributed by atoms with Crippen LogP contribution in [0.3, 0.4) is 0 Å². The second-order valence-electron chi connectivity index (χ2n) is 8.09. The van der Waals surface area contributed by atoms with Gasteiger partial charge in [0.2, 0.25) is 0 Å². The minimum absolute atomic E-state index is 0.0533. The summed E-state index contributed by atoms with van der Waals surface area (Å²) in [5.41, 5.74) is 0.267. The number of non-ortho nitro benzene ring substituents is 1. The zero-order valence-electron chi connectivity index (χ0n) is 19.2. The first-order valence-corrected chi connectivity index (χ1v) is 11.8. The van der Waals surface area contributed by atoms with E-state index in [1.54, 1.807) is 0 Å². The number of rotatable bonds is 18. The number of esters is 1. The van der Waals surface area contributed by atoms with Gasteiger partial charge in [-0.15, -0.1) is 0 Å². The summed E-state index contributed by atoms with van der Waals surface area (Å²) in [4.78, 5) is 33.2. The van der Waals surface area contributed by atoms with Gasteiger partial charge in [-0.05, 0) is 44.2 Å². The summed E-state index contributed by atoms with van der Waals surface area (Å²) in [5, 5.41) is 19.4. The number of hydrogen-bond donors (Lipinski definition) is 1. The number of aliphatic carboxylic acids is 1. The number of hydrogen-bond acceptors (Lipinski definition) is 5. The van der Waals surface area contributed by atoms with Crippen LogP contribution in [-0.2, 0) is 9.53 Å². The van der Waals surface area contributed by atoms with E-state index in [1.807, 2.05) is 0 Å². The van der Waals surface area contributed by atoms with E-state index in [2.05, 4.69) is 19.1 Å². The first-order chi connectivity index (χ1) is 15.4. The molecule has 0 fully saturated rings. The number of nitro benzene ring substituents is 1. The van der Waals surface area contributed by atoms with Gasteiger partial charge in [-0.25, -0.2) is 4.79 Å². The van der Waals surface area contributed by atoms with Gasteiger partial charge in [0, 0.05) is 25.0 Å². The molecule has 1 rings (SSSR count). The van der Waals surface area contributed by atoms with E-state index in [9.17, 15) is 19.7 Å². The largest absolute Gasteiger partial charge is 0.481 e. The molecule has 178 valence electrons. The molecule has 0 saturated carbocycles. The van der Waals surface area contributed by atoms with Crippen LogP contribution < -0.4 is 0 Å². The van der Waals surface area contributed by atoms with Gasteiger partial charge >= 0.3 is 11.9 Å². The zero-order valence-corrected chi connectivity index (χ0v) is 19.2. The van der Waals surface area contributed by atoms with Crippen molar-refractivity contribution < 1.29 is 24.4 Å². The number of carbonyl (C=O) groups is 2. The minimum atomic E-state index is -0.730. The van der Waals surface area contributed by atoms with E-state index in [0.29, 0.717) is 12.0 Å². The van der Waals surface area contributed by atoms with Gasteiger partial charge in [-0.1, -0.05) is 57.6 Å². The fourth-order valence-electron chi connectivity index (χ4n) is 3.40. The van der Waals surface area contributed by atoms with Crippen molar-refractivity contribution in [3.8, 4) is 0 Å². The molecule has 1 aromatic rings. The lowest BCUT2D eigenvalue weighted by molar-refractivity contribution is -0.384. The third-order valence-corrected chi connectivity index (χ3v) is 5.29. The summed E-state index contributed by atoms with van der Waals surface area (Å²) in [7, 11) is 0. The van der Waals surface area contributed by atoms with Crippen LogP contribution in [0.5, 0.6) is 0 Å². The zero-order chi connectivity index (χ0) is 23.6. The van der Waals surface area contributed by atoms with Crippen molar-refractivity contribution in [1.82, 2.24) is 0 Å². The van der Waals surface area contributed by atoms with Crippen LogP contribution in [0.2, 0.25) is 0 Å². The highest BCUT2D eigenvalue weighted by Crippen LogP contribution is 2.17. The van der Waals surface area contributed by atoms with Crippen LogP contribution >= 0.6 is 0 Å². The second-order valence-corrected chi connectivity index (χ2v) is 8.09. The van der Waals surface area contributed by atoms with Crippen molar-refractivity contribution in [3.63, 3.8) is 0 Å². The van der Waals surface area contributed by atoms with Crippen molar-refractivity contribution in [3.05, 3.63) is 52.1 Å². The van der Waals surface area contributed by atoms with Crippen LogP contribution in [0.4, 0.5) is 5.69 Å². The Hall–Kier alpha value is -2.70. The molecule has 32 heavy (non-hydrogen) atoms. The lowest BCUT2D eigenvalue weighted by Crippen LogP contribution is -2.18. The topological polar surface area (TPSA) is 107 Å². The summed E-state index contributed by atoms with van der Waals surface area (Å²) >= 11 is 0. The van der Waals surface area contributed by atoms with E-state index in [-0.39, 0.29) is 18.2 Å². The number of benzene rings is 1. The number of nitro groups is 1. The molecule has 7 nitrogen and oxygen atoms in total. The molecule has 0 aliphatic heterocycles. The molecule has 0 heterocycles. The number of ether oxygens (including phenoxy) is 1. The first kappa shape index (κ1) is 27.3. The van der Waals surface area contributed by atoms with Crippen LogP contribution in [0.15, 0.2) is 36.4 Å². The van der Waals surface area contributed by atoms with E-state index in [4.69, 9.17) is 9.84 Å². The maximum atomic E-state index is 12.5. The molecule has 1 atom stereocenters. The van der Waals surface area contributed by atoms with Crippen LogP contribution in [0.25, 0.3) is 0 Å². The maximum absolute atomic E-state index is 12.5. The Morgan fingerprint density at radius 2 is 1.66 bits per heavy atom. The second kappa shape index (κ2) is 16.9. The lowest BCUT2D eigenvalue weighted by Gasteiger charge is -2.16. The smallest absolute Gasteiger partial charge is 0.338 e. The molecule has 7 heteroatoms. The molecule has 0 aliphatic carbocycles. The van der Waals surface area contributed by atoms with E-state index in [1.165, 1.54) is 24.3 Å². The molecule has 0 unspecified atom stereocenters. The lowest BCUT2D eigenvalue weighted by atomic mass is 10.1. The summed E-state index contributed by atoms with van der Waals surface area (Å²) in [5.74, 6) is -1.18. The van der Waals surface area contributed by atoms with E-state index in [0.717, 1.165) is 70.6 Å². The SMILES string of the molecule is CCCCCC[C@H](C/C=C\CCCCCCCC(=O)O)OC(=O)c1ccc([N+](=O)[O-])cc1. The summed E-state index contributed by atoms with van der Waals surface area (Å²) < 4.78 is 5.70. The monoisotopic (exact) mass is 447 g/mol. The van der Waals surface area contributed by atoms with E-state index < -0.39 is 16.9 Å². The molecule has 0 aliphatic rings. The number of allylic oxidation sites excluding steroid dienone is 1. The fourth-order valence-corrected chi connectivity index (χ4v) is 3.40. The number of carboxylic acid groups (broad SMARTS) is 1. The molecule has 0 bridgehead atoms. The number of carbonyl (C=O) groups excluding carboxylic acids is 1. The molecular weight excluding hydrogens is 410 g/mol. The molecule has 1 aromatic carbocycles. The van der Waals surface area contributed by atoms with Crippen molar-refractivity contribution in [1.29, 1.82) is 0 Å². The molecular formula is C25H37NO6. The number of unbranched alkanes of at least 4 members (excludes halogenated alkanes) is 8. The van der Waals surface area contributed by atoms with Gasteiger partial charge in [0.15, 0.2) is 0 Å². The summed E-state index contributed by atoms with van der Waals surface area (Å²) in [6.45, 7) is 2.15. The highest BCUT2D eigenvalue weighted by molar-refractivity contribution is 5.89. The van der Waals surface area contributed by atoms with Gasteiger partial charge < -0.3 is 9.84 Å². The Morgan fingerprint density at radius 1 is 1.00 bits per heavy atom. The van der Waals surface area contributed by atoms with Crippen molar-refractivity contribution >= 4 is 17.6 Å². The first-order valence-electron chi connectivity index (χ1n) is 11.8. The highest BCUT2D eigenvalue weighted by Gasteiger charge is 2.16. The van der Waals surface area contributed by atoms with Gasteiger partial charge in [-0.3, -0.25) is 14.9 Å². The Labute approximate surface area is 191 Å². The quantitative estimate of drug-likeness (QED) is 0.0866. The Balaban J connectivity index is 2.42. The maximum Gasteiger partial charge on any atom is 0.338 e. The van der Waals surface area contributed by atoms with Crippen molar-refractivity contribution in [2.45, 2.75) is 96.5 Å². The Kier molecular flexibility index (Phi) is 14.5. The Bertz CT molecular complexity index is 714. The molecule has 0 spiro atoms. The van der Waals surface area contributed by atoms with Gasteiger partial charge in [0.1, 0.15) is 6.10 Å². The Morgan fingerprint density at radius 3 is 2.31 bits per heavy atom. The standard InChI is InChI=1S/C25H37NO6/c1-2-3-4-11-14-23(15-12-9-7-5-6-8-10-13-16-24(27)28)32-25(29)21-17-19-22(20-18-21)26(30)31/h9,12,17-20,23H,2-8,10-11,13-16H2,1H3,(H,27,28)/b12-9-/t23-/m1/s1. The van der Waals surface area contributed by atoms with E-state index >= 15 is 0 Å². The molecule has 0 amide bonds. The molecule has 1 N–H and O–H groups in total. The van der Waals surface area contributed by atoms with Gasteiger partial charge in [-0.2, -0.15) is 0 Å². The fraction of sp³-hybridized carbons (Fsp3) is 0.600. The minimum Gasteiger partial charge on any atom is -0.481 e. The van der Waals surface area contributed by atoms with Crippen LogP contribution in [-0.4, -0.2) is 28.1 Å². The number of carboxylic acids is 1. The normalized spacial score (nSPS) is 12.0. The molecule has 0 saturated heterocycles. The van der Waals surface area contributed by atoms with Gasteiger partial charge in [0.25, 0.3) is 5.69 Å². The average molecular weight is 448 g/mol. The third-order valence-electron chi connectivity index (χ3n) is 5.29. The summed E-state index contributed by atoms with van der Waals surface area (Å²) in [6, 6.07) is 5.49. The number of nitrogens with zero attached hydrogens (tertiary/aromatic N) is 1. The van der Waals surface area contributed by atoms with Gasteiger partial charge in [0.05, 0.1) is 10.5 Å². The average Bonchev–Trinajstić information content (AvgIpc) is 2.77. The predicted octanol–water partition coefficient (Wildman–Crippen LogP) is 6.85. The predicted molar refractivity (Wildman–Crippen MR) is 125 cm³/mol. The summed E-state index contributed by atoms with van der Waals surface area (Å²) in [6.07, 6.45) is 15.9.